The van der Waals surface area contributed by atoms with E-state index in [1.54, 1.807) is 6.92 Å². The summed E-state index contributed by atoms with van der Waals surface area (Å²) in [5, 5.41) is 41.7. The maximum Gasteiger partial charge on any atom is 0.191 e. The summed E-state index contributed by atoms with van der Waals surface area (Å²) in [6.45, 7) is -0.570. The van der Waals surface area contributed by atoms with Crippen molar-refractivity contribution in [1.29, 1.82) is 0 Å². The fourth-order valence-corrected chi connectivity index (χ4v) is 4.65. The Kier molecular flexibility index (Phi) is 4.82. The summed E-state index contributed by atoms with van der Waals surface area (Å²) in [4.78, 5) is 8.75. The Morgan fingerprint density at radius 1 is 1.36 bits per heavy atom. The number of aliphatic hydroxyl groups excluding tert-OH is 2. The fraction of sp³-hybridized carbons (Fsp3) is 0.583. The summed E-state index contributed by atoms with van der Waals surface area (Å²) in [6, 6.07) is -3.78. The standard InChI is InChI=1S/C24H31FN6O4S/c1-3-8-36-24-27-22(26-16-10-14(16)13-5-4-12(2)15(25)9-13)19-23(28-24)31(30-29-19)17-11-18(35-7-6-32)21(34)20(17)33/h4-5,9,14,16-18,20-21,32-34H,3,6-8,10-11H2,1-2H3,(H,26,27,28)/t14-,16+,17+,18-,20-,21+/m0/s1/i4D,5D,6D2,8D2,9D,10D2. The third-order valence-electron chi connectivity index (χ3n) is 6.03. The van der Waals surface area contributed by atoms with Crippen molar-refractivity contribution in [2.24, 2.45) is 0 Å². The normalized spacial score (nSPS) is 33.4. The molecule has 5 rings (SSSR count). The number of nitrogens with zero attached hydrogens (tertiary/aromatic N) is 5. The van der Waals surface area contributed by atoms with E-state index in [4.69, 9.17) is 17.1 Å². The molecule has 2 saturated carbocycles. The summed E-state index contributed by atoms with van der Waals surface area (Å²) < 4.78 is 93.9. The second-order valence-corrected chi connectivity index (χ2v) is 9.30. The van der Waals surface area contributed by atoms with Gasteiger partial charge in [0, 0.05) is 29.6 Å². The second kappa shape index (κ2) is 10.5. The largest absolute Gasteiger partial charge is 0.394 e. The molecule has 6 atom stereocenters. The van der Waals surface area contributed by atoms with Gasteiger partial charge in [0.05, 0.1) is 32.2 Å². The van der Waals surface area contributed by atoms with Gasteiger partial charge in [0.15, 0.2) is 22.1 Å². The molecule has 2 heterocycles. The number of ether oxygens (including phenoxy) is 1. The van der Waals surface area contributed by atoms with Gasteiger partial charge in [-0.1, -0.05) is 36.0 Å². The molecule has 0 aliphatic heterocycles. The van der Waals surface area contributed by atoms with E-state index in [1.165, 1.54) is 11.6 Å². The summed E-state index contributed by atoms with van der Waals surface area (Å²) >= 11 is 0.665. The smallest absolute Gasteiger partial charge is 0.191 e. The average Bonchev–Trinajstić information content (AvgIpc) is 3.21. The Balaban J connectivity index is 1.54. The highest BCUT2D eigenvalue weighted by atomic mass is 32.2. The zero-order chi connectivity index (χ0) is 33.4. The van der Waals surface area contributed by atoms with Crippen molar-refractivity contribution in [1.82, 2.24) is 25.0 Å². The Morgan fingerprint density at radius 2 is 2.19 bits per heavy atom. The molecule has 36 heavy (non-hydrogen) atoms. The lowest BCUT2D eigenvalue weighted by molar-refractivity contribution is -0.0629. The topological polar surface area (TPSA) is 138 Å². The number of thioether (sulfide) groups is 1. The summed E-state index contributed by atoms with van der Waals surface area (Å²) in [7, 11) is 0. The van der Waals surface area contributed by atoms with Crippen LogP contribution in [0.2, 0.25) is 0 Å². The maximum atomic E-state index is 14.7. The van der Waals surface area contributed by atoms with Crippen molar-refractivity contribution in [3.8, 4) is 0 Å². The zero-order valence-electron chi connectivity index (χ0n) is 28.4. The molecule has 0 bridgehead atoms. The molecule has 2 aromatic heterocycles. The van der Waals surface area contributed by atoms with Crippen molar-refractivity contribution < 1.29 is 36.8 Å². The van der Waals surface area contributed by atoms with Crippen LogP contribution in [0.5, 0.6) is 0 Å². The van der Waals surface area contributed by atoms with Gasteiger partial charge < -0.3 is 25.4 Å². The van der Waals surface area contributed by atoms with E-state index in [-0.39, 0.29) is 46.1 Å². The molecule has 0 radical (unpaired) electrons. The van der Waals surface area contributed by atoms with Crippen LogP contribution < -0.4 is 5.32 Å². The number of aliphatic hydroxyl groups is 3. The molecule has 2 aliphatic rings. The molecule has 194 valence electrons. The van der Waals surface area contributed by atoms with E-state index in [9.17, 15) is 19.7 Å². The van der Waals surface area contributed by atoms with Gasteiger partial charge in [-0.3, -0.25) is 0 Å². The molecule has 0 unspecified atom stereocenters. The SMILES string of the molecule is [2H]c1c([2H])c([C@H]2[C@H](Nc3nc(SC([2H])([2H])CC)nc4c3nnn4[C@@H]3C[C@H](OCC([2H])([2H])O)[C@@H](O)[C@H]3O)C2([2H])[2H])c([2H])c(F)c1C. The van der Waals surface area contributed by atoms with E-state index in [1.807, 2.05) is 0 Å². The minimum atomic E-state index is -2.68. The molecule has 2 fully saturated rings. The first-order valence-corrected chi connectivity index (χ1v) is 12.1. The molecule has 3 aromatic rings. The van der Waals surface area contributed by atoms with Crippen LogP contribution in [0.4, 0.5) is 10.2 Å². The van der Waals surface area contributed by atoms with Crippen LogP contribution >= 0.6 is 11.8 Å². The van der Waals surface area contributed by atoms with Gasteiger partial charge in [0.2, 0.25) is 0 Å². The number of rotatable bonds is 10. The van der Waals surface area contributed by atoms with Gasteiger partial charge in [-0.15, -0.1) is 5.10 Å². The van der Waals surface area contributed by atoms with Gasteiger partial charge in [0.1, 0.15) is 18.0 Å². The molecular formula is C24H31FN6O4S. The lowest BCUT2D eigenvalue weighted by atomic mass is 10.1. The van der Waals surface area contributed by atoms with Crippen LogP contribution in [-0.4, -0.2) is 83.5 Å². The number of aromatic nitrogens is 5. The van der Waals surface area contributed by atoms with Gasteiger partial charge in [-0.05, 0) is 36.9 Å². The van der Waals surface area contributed by atoms with Crippen molar-refractivity contribution in [2.75, 3.05) is 24.2 Å². The first-order chi connectivity index (χ1) is 20.8. The Labute approximate surface area is 224 Å². The molecule has 4 N–H and O–H groups in total. The molecule has 2 aliphatic carbocycles. The predicted octanol–water partition coefficient (Wildman–Crippen LogP) is 2.18. The Hall–Kier alpha value is -2.38. The van der Waals surface area contributed by atoms with Crippen LogP contribution in [0, 0.1) is 12.7 Å². The van der Waals surface area contributed by atoms with Gasteiger partial charge in [0.25, 0.3) is 0 Å². The lowest BCUT2D eigenvalue weighted by Crippen LogP contribution is -2.33. The summed E-state index contributed by atoms with van der Waals surface area (Å²) in [5.74, 6) is -2.33. The van der Waals surface area contributed by atoms with E-state index < -0.39 is 85.5 Å². The molecule has 10 nitrogen and oxygen atoms in total. The van der Waals surface area contributed by atoms with Crippen LogP contribution in [0.15, 0.2) is 23.3 Å². The van der Waals surface area contributed by atoms with Gasteiger partial charge >= 0.3 is 0 Å². The highest BCUT2D eigenvalue weighted by molar-refractivity contribution is 7.99. The van der Waals surface area contributed by atoms with E-state index in [0.29, 0.717) is 11.8 Å². The van der Waals surface area contributed by atoms with Gasteiger partial charge in [-0.2, -0.15) is 0 Å². The molecule has 1 aromatic carbocycles. The Morgan fingerprint density at radius 3 is 2.97 bits per heavy atom. The highest BCUT2D eigenvalue weighted by Gasteiger charge is 2.45. The number of halogens is 1. The predicted molar refractivity (Wildman–Crippen MR) is 133 cm³/mol. The van der Waals surface area contributed by atoms with Crippen molar-refractivity contribution in [3.05, 3.63) is 35.1 Å². The third-order valence-corrected chi connectivity index (χ3v) is 6.83. The molecular weight excluding hydrogens is 487 g/mol. The quantitative estimate of drug-likeness (QED) is 0.229. The third kappa shape index (κ3) is 4.92. The Bertz CT molecular complexity index is 1600. The van der Waals surface area contributed by atoms with Crippen molar-refractivity contribution in [2.45, 2.75) is 74.5 Å². The van der Waals surface area contributed by atoms with Crippen LogP contribution in [0.3, 0.4) is 0 Å². The van der Waals surface area contributed by atoms with Crippen LogP contribution in [-0.2, 0) is 4.74 Å². The summed E-state index contributed by atoms with van der Waals surface area (Å²) in [6.07, 6.45) is -6.21. The second-order valence-electron chi connectivity index (χ2n) is 8.45. The van der Waals surface area contributed by atoms with Crippen molar-refractivity contribution >= 4 is 28.7 Å². The molecule has 0 saturated heterocycles. The minimum absolute atomic E-state index is 0.0220. The number of hydrogen-bond acceptors (Lipinski definition) is 10. The number of benzene rings is 1. The first kappa shape index (κ1) is 16.5. The fourth-order valence-electron chi connectivity index (χ4n) is 4.11. The van der Waals surface area contributed by atoms with E-state index in [0.717, 1.165) is 0 Å². The summed E-state index contributed by atoms with van der Waals surface area (Å²) in [5.41, 5.74) is -2.34. The van der Waals surface area contributed by atoms with Crippen LogP contribution in [0.1, 0.15) is 61.6 Å². The zero-order valence-corrected chi connectivity index (χ0v) is 20.2. The molecule has 12 heteroatoms. The van der Waals surface area contributed by atoms with E-state index >= 15 is 0 Å². The lowest BCUT2D eigenvalue weighted by Gasteiger charge is -2.17. The van der Waals surface area contributed by atoms with Gasteiger partial charge in [-0.25, -0.2) is 19.0 Å². The first-order valence-electron chi connectivity index (χ1n) is 15.8. The number of hydrogen-bond donors (Lipinski definition) is 4. The maximum absolute atomic E-state index is 14.7. The number of fused-ring (bicyclic) bond motifs is 1. The number of nitrogens with one attached hydrogen (secondary N) is 1. The van der Waals surface area contributed by atoms with E-state index in [2.05, 4.69) is 25.6 Å². The molecule has 0 amide bonds. The van der Waals surface area contributed by atoms with Crippen molar-refractivity contribution in [3.63, 3.8) is 0 Å². The molecule has 0 spiro atoms. The average molecular weight is 528 g/mol. The van der Waals surface area contributed by atoms with Crippen LogP contribution in [0.25, 0.3) is 11.2 Å². The minimum Gasteiger partial charge on any atom is -0.394 e. The monoisotopic (exact) mass is 527 g/mol. The highest BCUT2D eigenvalue weighted by Crippen LogP contribution is 2.44. The number of anilines is 1.